The molecule has 0 aliphatic rings. The molecule has 0 aliphatic carbocycles. The van der Waals surface area contributed by atoms with Crippen LogP contribution in [0.2, 0.25) is 0 Å². The van der Waals surface area contributed by atoms with Crippen molar-refractivity contribution in [2.75, 3.05) is 26.8 Å². The summed E-state index contributed by atoms with van der Waals surface area (Å²) in [6.07, 6.45) is 7.19. The molecule has 1 N–H and O–H groups in total. The fraction of sp³-hybridized carbons (Fsp3) is 0.667. The van der Waals surface area contributed by atoms with Gasteiger partial charge in [-0.05, 0) is 52.2 Å². The molecule has 1 aromatic heterocycles. The molecule has 19 heavy (non-hydrogen) atoms. The monoisotopic (exact) mass is 328 g/mol. The summed E-state index contributed by atoms with van der Waals surface area (Å²) in [5.41, 5.74) is 1.60. The van der Waals surface area contributed by atoms with Crippen LogP contribution in [0.4, 0.5) is 0 Å². The van der Waals surface area contributed by atoms with Crippen LogP contribution in [0.15, 0.2) is 22.9 Å². The molecule has 1 rings (SSSR count). The standard InChI is InChI=1S/C15H25BrN2O/c1-4-15(5-2,12-17-6-7-19-3)9-13-8-14(16)11-18-10-13/h8,10-11,17H,4-7,9,12H2,1-3H3. The summed E-state index contributed by atoms with van der Waals surface area (Å²) in [4.78, 5) is 4.26. The minimum Gasteiger partial charge on any atom is -0.383 e. The maximum Gasteiger partial charge on any atom is 0.0587 e. The number of aromatic nitrogens is 1. The fourth-order valence-electron chi connectivity index (χ4n) is 2.33. The number of nitrogens with zero attached hydrogens (tertiary/aromatic N) is 1. The average Bonchev–Trinajstić information content (AvgIpc) is 2.42. The van der Waals surface area contributed by atoms with Crippen molar-refractivity contribution in [2.24, 2.45) is 5.41 Å². The second-order valence-electron chi connectivity index (χ2n) is 5.06. The Bertz CT molecular complexity index is 367. The Kier molecular flexibility index (Phi) is 7.57. The van der Waals surface area contributed by atoms with Crippen molar-refractivity contribution in [3.8, 4) is 0 Å². The number of halogens is 1. The number of pyridine rings is 1. The number of ether oxygens (including phenoxy) is 1. The Morgan fingerprint density at radius 1 is 1.32 bits per heavy atom. The van der Waals surface area contributed by atoms with Gasteiger partial charge in [0.1, 0.15) is 0 Å². The van der Waals surface area contributed by atoms with Gasteiger partial charge in [-0.1, -0.05) is 13.8 Å². The van der Waals surface area contributed by atoms with Gasteiger partial charge < -0.3 is 10.1 Å². The molecular formula is C15H25BrN2O. The number of hydrogen-bond acceptors (Lipinski definition) is 3. The lowest BCUT2D eigenvalue weighted by Gasteiger charge is -2.32. The SMILES string of the molecule is CCC(CC)(CNCCOC)Cc1cncc(Br)c1. The Balaban J connectivity index is 2.64. The molecule has 3 nitrogen and oxygen atoms in total. The molecule has 0 radical (unpaired) electrons. The first kappa shape index (κ1) is 16.6. The van der Waals surface area contributed by atoms with E-state index in [1.54, 1.807) is 7.11 Å². The van der Waals surface area contributed by atoms with Crippen molar-refractivity contribution in [3.63, 3.8) is 0 Å². The summed E-state index contributed by atoms with van der Waals surface area (Å²) in [6, 6.07) is 2.17. The number of methoxy groups -OCH3 is 1. The molecule has 0 saturated carbocycles. The maximum absolute atomic E-state index is 5.08. The highest BCUT2D eigenvalue weighted by Gasteiger charge is 2.26. The summed E-state index contributed by atoms with van der Waals surface area (Å²) in [5, 5.41) is 3.51. The summed E-state index contributed by atoms with van der Waals surface area (Å²) in [7, 11) is 1.74. The summed E-state index contributed by atoms with van der Waals surface area (Å²) in [5.74, 6) is 0. The predicted molar refractivity (Wildman–Crippen MR) is 83.4 cm³/mol. The molecule has 0 spiro atoms. The molecular weight excluding hydrogens is 304 g/mol. The van der Waals surface area contributed by atoms with Gasteiger partial charge in [0.15, 0.2) is 0 Å². The van der Waals surface area contributed by atoms with E-state index in [-0.39, 0.29) is 0 Å². The van der Waals surface area contributed by atoms with Crippen LogP contribution >= 0.6 is 15.9 Å². The Labute approximate surface area is 125 Å². The highest BCUT2D eigenvalue weighted by Crippen LogP contribution is 2.30. The molecule has 1 heterocycles. The lowest BCUT2D eigenvalue weighted by atomic mass is 9.77. The molecule has 0 atom stereocenters. The van der Waals surface area contributed by atoms with E-state index in [9.17, 15) is 0 Å². The Hall–Kier alpha value is -0.450. The van der Waals surface area contributed by atoms with E-state index >= 15 is 0 Å². The van der Waals surface area contributed by atoms with E-state index in [4.69, 9.17) is 4.74 Å². The lowest BCUT2D eigenvalue weighted by molar-refractivity contribution is 0.185. The zero-order valence-corrected chi connectivity index (χ0v) is 13.8. The van der Waals surface area contributed by atoms with Gasteiger partial charge in [-0.2, -0.15) is 0 Å². The summed E-state index contributed by atoms with van der Waals surface area (Å²) >= 11 is 3.49. The lowest BCUT2D eigenvalue weighted by Crippen LogP contribution is -2.36. The second-order valence-corrected chi connectivity index (χ2v) is 5.98. The smallest absolute Gasteiger partial charge is 0.0587 e. The van der Waals surface area contributed by atoms with E-state index < -0.39 is 0 Å². The van der Waals surface area contributed by atoms with Crippen LogP contribution in [-0.4, -0.2) is 31.8 Å². The Morgan fingerprint density at radius 3 is 2.63 bits per heavy atom. The van der Waals surface area contributed by atoms with E-state index in [0.717, 1.165) is 43.4 Å². The first-order valence-electron chi connectivity index (χ1n) is 6.95. The molecule has 0 amide bonds. The van der Waals surface area contributed by atoms with E-state index in [1.807, 2.05) is 12.4 Å². The number of hydrogen-bond donors (Lipinski definition) is 1. The average molecular weight is 329 g/mol. The molecule has 0 aliphatic heterocycles. The molecule has 0 aromatic carbocycles. The van der Waals surface area contributed by atoms with Crippen molar-refractivity contribution in [3.05, 3.63) is 28.5 Å². The van der Waals surface area contributed by atoms with Gasteiger partial charge in [-0.25, -0.2) is 0 Å². The predicted octanol–water partition coefficient (Wildman–Crippen LogP) is 3.43. The van der Waals surface area contributed by atoms with Crippen LogP contribution in [0.3, 0.4) is 0 Å². The minimum atomic E-state index is 0.302. The van der Waals surface area contributed by atoms with Gasteiger partial charge in [0.05, 0.1) is 6.61 Å². The molecule has 108 valence electrons. The van der Waals surface area contributed by atoms with E-state index in [0.29, 0.717) is 5.41 Å². The van der Waals surface area contributed by atoms with Crippen LogP contribution < -0.4 is 5.32 Å². The molecule has 4 heteroatoms. The minimum absolute atomic E-state index is 0.302. The normalized spacial score (nSPS) is 11.8. The first-order chi connectivity index (χ1) is 9.15. The maximum atomic E-state index is 5.08. The third kappa shape index (κ3) is 5.59. The largest absolute Gasteiger partial charge is 0.383 e. The molecule has 1 aromatic rings. The third-order valence-corrected chi connectivity index (χ3v) is 4.26. The van der Waals surface area contributed by atoms with Gasteiger partial charge in [-0.3, -0.25) is 4.98 Å². The van der Waals surface area contributed by atoms with Crippen LogP contribution in [-0.2, 0) is 11.2 Å². The fourth-order valence-corrected chi connectivity index (χ4v) is 2.74. The van der Waals surface area contributed by atoms with Gasteiger partial charge >= 0.3 is 0 Å². The first-order valence-corrected chi connectivity index (χ1v) is 7.74. The van der Waals surface area contributed by atoms with Crippen molar-refractivity contribution < 1.29 is 4.74 Å². The number of rotatable bonds is 9. The van der Waals surface area contributed by atoms with Crippen molar-refractivity contribution >= 4 is 15.9 Å². The molecule has 0 unspecified atom stereocenters. The third-order valence-electron chi connectivity index (χ3n) is 3.82. The van der Waals surface area contributed by atoms with Crippen LogP contribution in [0, 0.1) is 5.41 Å². The van der Waals surface area contributed by atoms with Crippen LogP contribution in [0.25, 0.3) is 0 Å². The zero-order valence-electron chi connectivity index (χ0n) is 12.2. The number of nitrogens with one attached hydrogen (secondary N) is 1. The van der Waals surface area contributed by atoms with E-state index in [1.165, 1.54) is 5.56 Å². The molecule has 0 bridgehead atoms. The topological polar surface area (TPSA) is 34.1 Å². The molecule has 0 saturated heterocycles. The summed E-state index contributed by atoms with van der Waals surface area (Å²) < 4.78 is 6.13. The van der Waals surface area contributed by atoms with Gasteiger partial charge in [0.2, 0.25) is 0 Å². The van der Waals surface area contributed by atoms with Crippen LogP contribution in [0.5, 0.6) is 0 Å². The summed E-state index contributed by atoms with van der Waals surface area (Å²) in [6.45, 7) is 7.24. The van der Waals surface area contributed by atoms with Gasteiger partial charge in [0, 0.05) is 37.1 Å². The highest BCUT2D eigenvalue weighted by atomic mass is 79.9. The second kappa shape index (κ2) is 8.67. The highest BCUT2D eigenvalue weighted by molar-refractivity contribution is 9.10. The van der Waals surface area contributed by atoms with Crippen molar-refractivity contribution in [2.45, 2.75) is 33.1 Å². The van der Waals surface area contributed by atoms with Crippen molar-refractivity contribution in [1.82, 2.24) is 10.3 Å². The Morgan fingerprint density at radius 2 is 2.05 bits per heavy atom. The quantitative estimate of drug-likeness (QED) is 0.705. The van der Waals surface area contributed by atoms with Crippen LogP contribution in [0.1, 0.15) is 32.3 Å². The van der Waals surface area contributed by atoms with Gasteiger partial charge in [-0.15, -0.1) is 0 Å². The van der Waals surface area contributed by atoms with E-state index in [2.05, 4.69) is 46.1 Å². The van der Waals surface area contributed by atoms with Crippen molar-refractivity contribution in [1.29, 1.82) is 0 Å². The molecule has 0 fully saturated rings. The van der Waals surface area contributed by atoms with Gasteiger partial charge in [0.25, 0.3) is 0 Å². The zero-order chi connectivity index (χ0) is 14.1.